The summed E-state index contributed by atoms with van der Waals surface area (Å²) in [5.41, 5.74) is 5.52. The van der Waals surface area contributed by atoms with Gasteiger partial charge in [-0.1, -0.05) is 0 Å². The summed E-state index contributed by atoms with van der Waals surface area (Å²) in [5.74, 6) is 0. The predicted octanol–water partition coefficient (Wildman–Crippen LogP) is -1.02. The molecule has 1 fully saturated rings. The molecule has 2 N–H and O–H groups in total. The Morgan fingerprint density at radius 2 is 2.20 bits per heavy atom. The van der Waals surface area contributed by atoms with E-state index in [0.29, 0.717) is 13.1 Å². The van der Waals surface area contributed by atoms with Crippen LogP contribution in [0.5, 0.6) is 0 Å². The Labute approximate surface area is 61.1 Å². The van der Waals surface area contributed by atoms with Crippen LogP contribution in [-0.2, 0) is 10.0 Å². The molecular formula is C5H12N2O2S. The van der Waals surface area contributed by atoms with Crippen LogP contribution in [0.2, 0.25) is 0 Å². The Balaban J connectivity index is 2.62. The number of nitrogens with zero attached hydrogens (tertiary/aromatic N) is 1. The largest absolute Gasteiger partial charge is 0.326 e. The molecule has 1 aliphatic heterocycles. The van der Waals surface area contributed by atoms with Gasteiger partial charge in [0.15, 0.2) is 0 Å². The van der Waals surface area contributed by atoms with Crippen LogP contribution in [0, 0.1) is 0 Å². The average molecular weight is 164 g/mol. The first kappa shape index (κ1) is 7.97. The first-order valence-corrected chi connectivity index (χ1v) is 5.05. The fraction of sp³-hybridized carbons (Fsp3) is 1.00. The van der Waals surface area contributed by atoms with Crippen molar-refractivity contribution in [3.63, 3.8) is 0 Å². The molecular weight excluding hydrogens is 152 g/mol. The van der Waals surface area contributed by atoms with E-state index in [0.717, 1.165) is 6.42 Å². The lowest BCUT2D eigenvalue weighted by Gasteiger charge is -2.10. The van der Waals surface area contributed by atoms with Crippen molar-refractivity contribution in [3.8, 4) is 0 Å². The van der Waals surface area contributed by atoms with Gasteiger partial charge in [-0.2, -0.15) is 0 Å². The first-order chi connectivity index (χ1) is 4.50. The monoisotopic (exact) mass is 164 g/mol. The average Bonchev–Trinajstić information content (AvgIpc) is 2.11. The summed E-state index contributed by atoms with van der Waals surface area (Å²) >= 11 is 0. The van der Waals surface area contributed by atoms with Gasteiger partial charge in [0.25, 0.3) is 0 Å². The van der Waals surface area contributed by atoms with Crippen molar-refractivity contribution in [2.75, 3.05) is 19.3 Å². The lowest BCUT2D eigenvalue weighted by atomic mass is 10.3. The molecule has 5 heteroatoms. The van der Waals surface area contributed by atoms with E-state index in [1.165, 1.54) is 10.6 Å². The van der Waals surface area contributed by atoms with E-state index >= 15 is 0 Å². The highest BCUT2D eigenvalue weighted by atomic mass is 32.2. The van der Waals surface area contributed by atoms with Gasteiger partial charge in [-0.25, -0.2) is 12.7 Å². The van der Waals surface area contributed by atoms with Crippen LogP contribution >= 0.6 is 0 Å². The summed E-state index contributed by atoms with van der Waals surface area (Å²) in [6.45, 7) is 1.07. The molecule has 10 heavy (non-hydrogen) atoms. The third-order valence-electron chi connectivity index (χ3n) is 1.66. The molecule has 0 aliphatic carbocycles. The van der Waals surface area contributed by atoms with Crippen molar-refractivity contribution in [1.82, 2.24) is 4.31 Å². The van der Waals surface area contributed by atoms with Crippen molar-refractivity contribution < 1.29 is 8.42 Å². The zero-order valence-electron chi connectivity index (χ0n) is 5.95. The summed E-state index contributed by atoms with van der Waals surface area (Å²) in [4.78, 5) is 0. The van der Waals surface area contributed by atoms with Crippen LogP contribution in [0.15, 0.2) is 0 Å². The highest BCUT2D eigenvalue weighted by Gasteiger charge is 2.25. The van der Waals surface area contributed by atoms with E-state index in [1.54, 1.807) is 0 Å². The van der Waals surface area contributed by atoms with Gasteiger partial charge in [0.1, 0.15) is 0 Å². The van der Waals surface area contributed by atoms with Gasteiger partial charge in [-0.15, -0.1) is 0 Å². The molecule has 60 valence electrons. The van der Waals surface area contributed by atoms with Crippen LogP contribution in [0.3, 0.4) is 0 Å². The number of rotatable bonds is 1. The van der Waals surface area contributed by atoms with Crippen LogP contribution in [0.1, 0.15) is 6.42 Å². The second-order valence-electron chi connectivity index (χ2n) is 2.67. The molecule has 1 atom stereocenters. The lowest BCUT2D eigenvalue weighted by molar-refractivity contribution is 0.478. The molecule has 1 heterocycles. The third kappa shape index (κ3) is 1.68. The Bertz CT molecular complexity index is 212. The molecule has 1 aliphatic rings. The van der Waals surface area contributed by atoms with Crippen molar-refractivity contribution >= 4 is 10.0 Å². The van der Waals surface area contributed by atoms with E-state index in [-0.39, 0.29) is 6.04 Å². The van der Waals surface area contributed by atoms with Gasteiger partial charge >= 0.3 is 0 Å². The van der Waals surface area contributed by atoms with Crippen LogP contribution in [-0.4, -0.2) is 38.1 Å². The summed E-state index contributed by atoms with van der Waals surface area (Å²) in [5, 5.41) is 0. The lowest BCUT2D eigenvalue weighted by Crippen LogP contribution is -2.30. The molecule has 0 radical (unpaired) electrons. The molecule has 4 nitrogen and oxygen atoms in total. The molecule has 0 aromatic rings. The second-order valence-corrected chi connectivity index (χ2v) is 4.65. The van der Waals surface area contributed by atoms with E-state index in [1.807, 2.05) is 0 Å². The van der Waals surface area contributed by atoms with Crippen molar-refractivity contribution in [1.29, 1.82) is 0 Å². The molecule has 0 spiro atoms. The SMILES string of the molecule is CS(=O)(=O)N1CC[C@@H](N)C1. The van der Waals surface area contributed by atoms with Crippen LogP contribution in [0.4, 0.5) is 0 Å². The van der Waals surface area contributed by atoms with Gasteiger partial charge < -0.3 is 5.73 Å². The number of sulfonamides is 1. The second kappa shape index (κ2) is 2.48. The standard InChI is InChI=1S/C5H12N2O2S/c1-10(8,9)7-3-2-5(6)4-7/h5H,2-4,6H2,1H3/t5-/m1/s1. The molecule has 0 unspecified atom stereocenters. The van der Waals surface area contributed by atoms with E-state index < -0.39 is 10.0 Å². The zero-order valence-corrected chi connectivity index (χ0v) is 6.76. The van der Waals surface area contributed by atoms with Gasteiger partial charge in [0, 0.05) is 19.1 Å². The minimum absolute atomic E-state index is 0.0368. The fourth-order valence-corrected chi connectivity index (χ4v) is 1.95. The van der Waals surface area contributed by atoms with Gasteiger partial charge in [0.2, 0.25) is 10.0 Å². The maximum Gasteiger partial charge on any atom is 0.211 e. The van der Waals surface area contributed by atoms with Crippen molar-refractivity contribution in [3.05, 3.63) is 0 Å². The van der Waals surface area contributed by atoms with E-state index in [9.17, 15) is 8.42 Å². The minimum Gasteiger partial charge on any atom is -0.326 e. The number of hydrogen-bond acceptors (Lipinski definition) is 3. The Kier molecular flexibility index (Phi) is 1.98. The van der Waals surface area contributed by atoms with Crippen LogP contribution in [0.25, 0.3) is 0 Å². The van der Waals surface area contributed by atoms with Crippen LogP contribution < -0.4 is 5.73 Å². The molecule has 1 saturated heterocycles. The topological polar surface area (TPSA) is 63.4 Å². The van der Waals surface area contributed by atoms with Crippen molar-refractivity contribution in [2.24, 2.45) is 5.73 Å². The summed E-state index contributed by atoms with van der Waals surface area (Å²) in [6, 6.07) is 0.0368. The minimum atomic E-state index is -2.98. The van der Waals surface area contributed by atoms with Gasteiger partial charge in [0.05, 0.1) is 6.26 Å². The summed E-state index contributed by atoms with van der Waals surface area (Å²) in [6.07, 6.45) is 2.00. The Morgan fingerprint density at radius 3 is 2.40 bits per heavy atom. The first-order valence-electron chi connectivity index (χ1n) is 3.21. The molecule has 0 aromatic heterocycles. The third-order valence-corrected chi connectivity index (χ3v) is 2.93. The van der Waals surface area contributed by atoms with Crippen molar-refractivity contribution in [2.45, 2.75) is 12.5 Å². The molecule has 1 rings (SSSR count). The number of nitrogens with two attached hydrogens (primary N) is 1. The number of hydrogen-bond donors (Lipinski definition) is 1. The summed E-state index contributed by atoms with van der Waals surface area (Å²) in [7, 11) is -2.98. The molecule has 0 bridgehead atoms. The predicted molar refractivity (Wildman–Crippen MR) is 39.0 cm³/mol. The fourth-order valence-electron chi connectivity index (χ4n) is 1.06. The molecule has 0 saturated carbocycles. The zero-order chi connectivity index (χ0) is 7.78. The quantitative estimate of drug-likeness (QED) is 0.539. The highest BCUT2D eigenvalue weighted by Crippen LogP contribution is 2.09. The highest BCUT2D eigenvalue weighted by molar-refractivity contribution is 7.88. The maximum atomic E-state index is 10.8. The Hall–Kier alpha value is -0.130. The Morgan fingerprint density at radius 1 is 1.60 bits per heavy atom. The van der Waals surface area contributed by atoms with Gasteiger partial charge in [-0.05, 0) is 6.42 Å². The summed E-state index contributed by atoms with van der Waals surface area (Å²) < 4.78 is 23.1. The normalized spacial score (nSPS) is 29.2. The smallest absolute Gasteiger partial charge is 0.211 e. The van der Waals surface area contributed by atoms with E-state index in [4.69, 9.17) is 5.73 Å². The molecule has 0 aromatic carbocycles. The van der Waals surface area contributed by atoms with Gasteiger partial charge in [-0.3, -0.25) is 0 Å². The molecule has 0 amide bonds. The van der Waals surface area contributed by atoms with E-state index in [2.05, 4.69) is 0 Å². The maximum absolute atomic E-state index is 10.8.